The number of aromatic nitrogens is 3. The van der Waals surface area contributed by atoms with E-state index in [1.165, 1.54) is 38.4 Å². The SMILES string of the molecule is CC1(C)c2ccccc2-c2ccc(-c3nc(-n4c5ccc(-c6cccc7c6oc6ccccc67)cc5c5c6ccccc6ccc54)nc4ccccc34)cc21. The van der Waals surface area contributed by atoms with Crippen LogP contribution in [0.15, 0.2) is 168 Å². The summed E-state index contributed by atoms with van der Waals surface area (Å²) >= 11 is 0. The van der Waals surface area contributed by atoms with Crippen LogP contribution in [0.3, 0.4) is 0 Å². The largest absolute Gasteiger partial charge is 0.455 e. The Hall–Kier alpha value is -7.04. The quantitative estimate of drug-likeness (QED) is 0.184. The van der Waals surface area contributed by atoms with Crippen LogP contribution < -0.4 is 0 Å². The summed E-state index contributed by atoms with van der Waals surface area (Å²) in [5.41, 5.74) is 14.2. The second-order valence-corrected chi connectivity index (χ2v) is 15.3. The number of rotatable bonds is 3. The van der Waals surface area contributed by atoms with Crippen LogP contribution in [-0.4, -0.2) is 14.5 Å². The fraction of sp³-hybridized carbons (Fsp3) is 0.0588. The van der Waals surface area contributed by atoms with Crippen LogP contribution in [0, 0.1) is 0 Å². The second-order valence-electron chi connectivity index (χ2n) is 15.3. The second kappa shape index (κ2) is 11.0. The molecule has 0 aliphatic heterocycles. The minimum atomic E-state index is -0.119. The Kier molecular flexibility index (Phi) is 6.09. The van der Waals surface area contributed by atoms with Gasteiger partial charge in [0.25, 0.3) is 0 Å². The summed E-state index contributed by atoms with van der Waals surface area (Å²) in [7, 11) is 0. The summed E-state index contributed by atoms with van der Waals surface area (Å²) in [6, 6.07) is 58.7. The van der Waals surface area contributed by atoms with Gasteiger partial charge >= 0.3 is 0 Å². The van der Waals surface area contributed by atoms with Crippen molar-refractivity contribution in [2.24, 2.45) is 0 Å². The number of hydrogen-bond acceptors (Lipinski definition) is 3. The normalized spacial score (nSPS) is 13.4. The minimum absolute atomic E-state index is 0.119. The predicted molar refractivity (Wildman–Crippen MR) is 227 cm³/mol. The molecule has 0 saturated carbocycles. The minimum Gasteiger partial charge on any atom is -0.455 e. The molecule has 11 aromatic rings. The van der Waals surface area contributed by atoms with E-state index in [1.807, 2.05) is 12.1 Å². The standard InChI is InChI=1S/C51H33N3O/c1-51(2)41-19-8-5-14-35(41)36-25-22-32(29-42(36)51)48-39-16-6-9-20-43(39)52-50(53-48)54-44-26-24-31(28-40(44)47-33-13-4-3-12-30(33)23-27-45(47)54)34-17-11-18-38-37-15-7-10-21-46(37)55-49(34)38/h3-29H,1-2H3. The third-order valence-corrected chi connectivity index (χ3v) is 12.0. The van der Waals surface area contributed by atoms with Crippen LogP contribution in [0.25, 0.3) is 105 Å². The number of furan rings is 1. The molecular formula is C51H33N3O. The smallest absolute Gasteiger partial charge is 0.235 e. The average molecular weight is 704 g/mol. The molecule has 4 nitrogen and oxygen atoms in total. The zero-order chi connectivity index (χ0) is 36.4. The molecule has 0 atom stereocenters. The third-order valence-electron chi connectivity index (χ3n) is 12.0. The molecule has 12 rings (SSSR count). The lowest BCUT2D eigenvalue weighted by Gasteiger charge is -2.22. The first-order valence-corrected chi connectivity index (χ1v) is 18.9. The summed E-state index contributed by atoms with van der Waals surface area (Å²) in [4.78, 5) is 10.8. The molecule has 55 heavy (non-hydrogen) atoms. The first-order valence-electron chi connectivity index (χ1n) is 18.9. The molecule has 258 valence electrons. The highest BCUT2D eigenvalue weighted by Crippen LogP contribution is 2.50. The lowest BCUT2D eigenvalue weighted by Crippen LogP contribution is -2.15. The Balaban J connectivity index is 1.12. The fourth-order valence-electron chi connectivity index (χ4n) is 9.38. The maximum atomic E-state index is 6.51. The molecule has 0 unspecified atom stereocenters. The molecule has 0 saturated heterocycles. The summed E-state index contributed by atoms with van der Waals surface area (Å²) in [6.45, 7) is 4.66. The molecular weight excluding hydrogens is 671 g/mol. The first kappa shape index (κ1) is 30.4. The van der Waals surface area contributed by atoms with Gasteiger partial charge in [-0.05, 0) is 75.0 Å². The number of nitrogens with zero attached hydrogens (tertiary/aromatic N) is 3. The number of fused-ring (bicyclic) bond motifs is 12. The van der Waals surface area contributed by atoms with E-state index < -0.39 is 0 Å². The Labute approximate surface area is 316 Å². The van der Waals surface area contributed by atoms with E-state index in [9.17, 15) is 0 Å². The molecule has 0 radical (unpaired) electrons. The van der Waals surface area contributed by atoms with Gasteiger partial charge in [-0.2, -0.15) is 0 Å². The molecule has 4 heteroatoms. The van der Waals surface area contributed by atoms with Crippen molar-refractivity contribution in [1.29, 1.82) is 0 Å². The molecule has 8 aromatic carbocycles. The van der Waals surface area contributed by atoms with Crippen molar-refractivity contribution < 1.29 is 4.42 Å². The summed E-state index contributed by atoms with van der Waals surface area (Å²) < 4.78 is 8.77. The zero-order valence-corrected chi connectivity index (χ0v) is 30.3. The van der Waals surface area contributed by atoms with Gasteiger partial charge in [-0.3, -0.25) is 4.57 Å². The van der Waals surface area contributed by atoms with Crippen molar-refractivity contribution in [1.82, 2.24) is 14.5 Å². The average Bonchev–Trinajstić information content (AvgIpc) is 3.86. The van der Waals surface area contributed by atoms with E-state index in [0.29, 0.717) is 5.95 Å². The van der Waals surface area contributed by atoms with Crippen LogP contribution in [0.4, 0.5) is 0 Å². The Morgan fingerprint density at radius 3 is 2.13 bits per heavy atom. The van der Waals surface area contributed by atoms with Crippen molar-refractivity contribution >= 4 is 65.4 Å². The van der Waals surface area contributed by atoms with Gasteiger partial charge in [-0.1, -0.05) is 141 Å². The monoisotopic (exact) mass is 703 g/mol. The van der Waals surface area contributed by atoms with Gasteiger partial charge in [0.1, 0.15) is 11.2 Å². The van der Waals surface area contributed by atoms with Crippen molar-refractivity contribution in [3.8, 4) is 39.5 Å². The Bertz CT molecular complexity index is 3420. The van der Waals surface area contributed by atoms with Crippen molar-refractivity contribution in [2.75, 3.05) is 0 Å². The third kappa shape index (κ3) is 4.22. The molecule has 0 spiro atoms. The summed E-state index contributed by atoms with van der Waals surface area (Å²) in [5, 5.41) is 8.01. The van der Waals surface area contributed by atoms with Crippen molar-refractivity contribution in [3.63, 3.8) is 0 Å². The zero-order valence-electron chi connectivity index (χ0n) is 30.3. The molecule has 0 fully saturated rings. The van der Waals surface area contributed by atoms with Crippen LogP contribution in [0.5, 0.6) is 0 Å². The highest BCUT2D eigenvalue weighted by molar-refractivity contribution is 6.22. The maximum absolute atomic E-state index is 6.51. The van der Waals surface area contributed by atoms with Gasteiger partial charge in [0.15, 0.2) is 0 Å². The molecule has 3 heterocycles. The molecule has 0 amide bonds. The van der Waals surface area contributed by atoms with Crippen molar-refractivity contribution in [3.05, 3.63) is 175 Å². The Morgan fingerprint density at radius 1 is 0.491 bits per heavy atom. The maximum Gasteiger partial charge on any atom is 0.235 e. The summed E-state index contributed by atoms with van der Waals surface area (Å²) in [5.74, 6) is 0.652. The highest BCUT2D eigenvalue weighted by atomic mass is 16.3. The molecule has 1 aliphatic rings. The number of para-hydroxylation sites is 3. The first-order chi connectivity index (χ1) is 27.0. The lowest BCUT2D eigenvalue weighted by molar-refractivity contribution is 0.660. The molecule has 3 aromatic heterocycles. The van der Waals surface area contributed by atoms with E-state index in [1.54, 1.807) is 0 Å². The van der Waals surface area contributed by atoms with Crippen LogP contribution >= 0.6 is 0 Å². The summed E-state index contributed by atoms with van der Waals surface area (Å²) in [6.07, 6.45) is 0. The van der Waals surface area contributed by atoms with Crippen LogP contribution in [0.1, 0.15) is 25.0 Å². The van der Waals surface area contributed by atoms with Gasteiger partial charge in [0.2, 0.25) is 5.95 Å². The van der Waals surface area contributed by atoms with Gasteiger partial charge in [-0.15, -0.1) is 0 Å². The van der Waals surface area contributed by atoms with Crippen molar-refractivity contribution in [2.45, 2.75) is 19.3 Å². The highest BCUT2D eigenvalue weighted by Gasteiger charge is 2.35. The topological polar surface area (TPSA) is 43.9 Å². The van der Waals surface area contributed by atoms with Crippen LogP contribution in [0.2, 0.25) is 0 Å². The number of benzene rings is 8. The molecule has 0 bridgehead atoms. The lowest BCUT2D eigenvalue weighted by atomic mass is 9.82. The predicted octanol–water partition coefficient (Wildman–Crippen LogP) is 13.4. The van der Waals surface area contributed by atoms with Gasteiger partial charge in [-0.25, -0.2) is 9.97 Å². The molecule has 1 aliphatic carbocycles. The van der Waals surface area contributed by atoms with E-state index in [0.717, 1.165) is 71.6 Å². The fourth-order valence-corrected chi connectivity index (χ4v) is 9.38. The van der Waals surface area contributed by atoms with E-state index in [2.05, 4.69) is 170 Å². The van der Waals surface area contributed by atoms with E-state index in [-0.39, 0.29) is 5.41 Å². The van der Waals surface area contributed by atoms with Crippen LogP contribution in [-0.2, 0) is 5.41 Å². The number of hydrogen-bond donors (Lipinski definition) is 0. The van der Waals surface area contributed by atoms with Gasteiger partial charge < -0.3 is 4.42 Å². The van der Waals surface area contributed by atoms with Gasteiger partial charge in [0.05, 0.1) is 22.2 Å². The molecule has 0 N–H and O–H groups in total. The van der Waals surface area contributed by atoms with E-state index >= 15 is 0 Å². The van der Waals surface area contributed by atoms with E-state index in [4.69, 9.17) is 14.4 Å². The van der Waals surface area contributed by atoms with Gasteiger partial charge in [0, 0.05) is 43.5 Å². The Morgan fingerprint density at radius 2 is 1.20 bits per heavy atom.